The molecular formula is C24H18F3N3O4S. The first kappa shape index (κ1) is 24.5. The zero-order chi connectivity index (χ0) is 25.0. The van der Waals surface area contributed by atoms with Gasteiger partial charge in [-0.2, -0.15) is 13.2 Å². The molecule has 7 nitrogen and oxygen atoms in total. The number of hydrogen-bond acceptors (Lipinski definition) is 8. The molecule has 0 unspecified atom stereocenters. The minimum atomic E-state index is -4.62. The van der Waals surface area contributed by atoms with E-state index in [1.165, 1.54) is 5.51 Å². The summed E-state index contributed by atoms with van der Waals surface area (Å²) in [5.41, 5.74) is 1.80. The maximum atomic E-state index is 13.3. The quantitative estimate of drug-likeness (QED) is 0.332. The molecule has 0 amide bonds. The van der Waals surface area contributed by atoms with Crippen molar-refractivity contribution >= 4 is 17.1 Å². The predicted octanol–water partition coefficient (Wildman–Crippen LogP) is 4.86. The third kappa shape index (κ3) is 5.88. The van der Waals surface area contributed by atoms with E-state index in [2.05, 4.69) is 15.2 Å². The number of carbonyl (C=O) groups is 1. The smallest absolute Gasteiger partial charge is 0.416 e. The Morgan fingerprint density at radius 2 is 1.86 bits per heavy atom. The summed E-state index contributed by atoms with van der Waals surface area (Å²) < 4.78 is 45.6. The van der Waals surface area contributed by atoms with Crippen LogP contribution in [0.3, 0.4) is 0 Å². The van der Waals surface area contributed by atoms with E-state index in [-0.39, 0.29) is 17.7 Å². The summed E-state index contributed by atoms with van der Waals surface area (Å²) in [5, 5.41) is 26.7. The lowest BCUT2D eigenvalue weighted by Crippen LogP contribution is -2.10. The van der Waals surface area contributed by atoms with E-state index in [0.29, 0.717) is 27.7 Å². The van der Waals surface area contributed by atoms with Crippen molar-refractivity contribution in [1.82, 2.24) is 15.2 Å². The second-order valence-corrected chi connectivity index (χ2v) is 8.33. The SMILES string of the molecule is O=C(Cc1nncs1)c1cc(C(F)(F)F)ccc1Oc1ccc(-c2cccc([C@H](O)CO)n2)cc1. The number of ether oxygens (including phenoxy) is 1. The zero-order valence-corrected chi connectivity index (χ0v) is 18.8. The molecule has 0 spiro atoms. The third-order valence-electron chi connectivity index (χ3n) is 4.99. The van der Waals surface area contributed by atoms with Gasteiger partial charge < -0.3 is 14.9 Å². The van der Waals surface area contributed by atoms with Gasteiger partial charge in [0.2, 0.25) is 0 Å². The van der Waals surface area contributed by atoms with Crippen molar-refractivity contribution < 1.29 is 32.9 Å². The molecule has 0 radical (unpaired) electrons. The largest absolute Gasteiger partial charge is 0.457 e. The third-order valence-corrected chi connectivity index (χ3v) is 5.68. The number of aliphatic hydroxyl groups is 2. The number of alkyl halides is 3. The number of halogens is 3. The molecule has 2 heterocycles. The van der Waals surface area contributed by atoms with Crippen LogP contribution in [0, 0.1) is 0 Å². The highest BCUT2D eigenvalue weighted by molar-refractivity contribution is 7.09. The molecule has 2 N–H and O–H groups in total. The molecule has 0 aliphatic carbocycles. The molecule has 0 bridgehead atoms. The van der Waals surface area contributed by atoms with Gasteiger partial charge in [0, 0.05) is 5.56 Å². The van der Waals surface area contributed by atoms with Crippen LogP contribution < -0.4 is 4.74 Å². The van der Waals surface area contributed by atoms with Crippen molar-refractivity contribution in [3.63, 3.8) is 0 Å². The van der Waals surface area contributed by atoms with E-state index >= 15 is 0 Å². The molecule has 4 aromatic rings. The Bertz CT molecular complexity index is 1310. The summed E-state index contributed by atoms with van der Waals surface area (Å²) in [6.45, 7) is -0.462. The van der Waals surface area contributed by atoms with Gasteiger partial charge in [-0.05, 0) is 54.6 Å². The Labute approximate surface area is 201 Å². The number of Topliss-reactive ketones (excluding diaryl/α,β-unsaturated/α-hetero) is 1. The molecule has 4 rings (SSSR count). The summed E-state index contributed by atoms with van der Waals surface area (Å²) in [6.07, 6.45) is -5.93. The van der Waals surface area contributed by atoms with E-state index in [0.717, 1.165) is 29.5 Å². The van der Waals surface area contributed by atoms with Crippen LogP contribution in [-0.4, -0.2) is 37.8 Å². The Morgan fingerprint density at radius 1 is 1.09 bits per heavy atom. The zero-order valence-electron chi connectivity index (χ0n) is 17.9. The fourth-order valence-electron chi connectivity index (χ4n) is 3.23. The highest BCUT2D eigenvalue weighted by atomic mass is 32.1. The number of benzene rings is 2. The van der Waals surface area contributed by atoms with E-state index in [1.54, 1.807) is 42.5 Å². The number of aromatic nitrogens is 3. The van der Waals surface area contributed by atoms with Gasteiger partial charge in [0.1, 0.15) is 28.1 Å². The number of pyridine rings is 1. The average molecular weight is 501 g/mol. The predicted molar refractivity (Wildman–Crippen MR) is 121 cm³/mol. The lowest BCUT2D eigenvalue weighted by atomic mass is 10.0. The summed E-state index contributed by atoms with van der Waals surface area (Å²) in [6, 6.07) is 14.3. The monoisotopic (exact) mass is 501 g/mol. The van der Waals surface area contributed by atoms with Gasteiger partial charge in [0.05, 0.1) is 35.5 Å². The number of nitrogens with zero attached hydrogens (tertiary/aromatic N) is 3. The van der Waals surface area contributed by atoms with E-state index < -0.39 is 30.2 Å². The van der Waals surface area contributed by atoms with Gasteiger partial charge in [-0.25, -0.2) is 4.98 Å². The van der Waals surface area contributed by atoms with Crippen molar-refractivity contribution in [2.24, 2.45) is 0 Å². The van der Waals surface area contributed by atoms with Crippen LogP contribution in [-0.2, 0) is 12.6 Å². The van der Waals surface area contributed by atoms with Crippen LogP contribution >= 0.6 is 11.3 Å². The van der Waals surface area contributed by atoms with Crippen LogP contribution in [0.4, 0.5) is 13.2 Å². The van der Waals surface area contributed by atoms with Crippen LogP contribution in [0.1, 0.15) is 32.7 Å². The highest BCUT2D eigenvalue weighted by Gasteiger charge is 2.32. The molecular weight excluding hydrogens is 483 g/mol. The minimum Gasteiger partial charge on any atom is -0.457 e. The van der Waals surface area contributed by atoms with Crippen molar-refractivity contribution in [2.45, 2.75) is 18.7 Å². The van der Waals surface area contributed by atoms with Crippen molar-refractivity contribution in [3.05, 3.63) is 88.0 Å². The van der Waals surface area contributed by atoms with Crippen LogP contribution in [0.25, 0.3) is 11.3 Å². The number of rotatable bonds is 8. The molecule has 0 fully saturated rings. The van der Waals surface area contributed by atoms with Gasteiger partial charge in [0.15, 0.2) is 5.78 Å². The number of ketones is 1. The van der Waals surface area contributed by atoms with Crippen molar-refractivity contribution in [1.29, 1.82) is 0 Å². The van der Waals surface area contributed by atoms with E-state index in [4.69, 9.17) is 9.84 Å². The van der Waals surface area contributed by atoms with Crippen molar-refractivity contribution in [3.8, 4) is 22.8 Å². The topological polar surface area (TPSA) is 105 Å². The van der Waals surface area contributed by atoms with Gasteiger partial charge >= 0.3 is 6.18 Å². The van der Waals surface area contributed by atoms with Gasteiger partial charge in [-0.3, -0.25) is 4.79 Å². The number of carbonyl (C=O) groups excluding carboxylic acids is 1. The fraction of sp³-hybridized carbons (Fsp3) is 0.167. The molecule has 1 atom stereocenters. The molecule has 0 aliphatic heterocycles. The average Bonchev–Trinajstić information content (AvgIpc) is 3.36. The summed E-state index contributed by atoms with van der Waals surface area (Å²) >= 11 is 1.13. The maximum absolute atomic E-state index is 13.3. The summed E-state index contributed by atoms with van der Waals surface area (Å²) in [5.74, 6) is -0.306. The molecule has 180 valence electrons. The number of aliphatic hydroxyl groups excluding tert-OH is 2. The summed E-state index contributed by atoms with van der Waals surface area (Å²) in [7, 11) is 0. The molecule has 2 aromatic carbocycles. The second kappa shape index (κ2) is 10.3. The van der Waals surface area contributed by atoms with Crippen LogP contribution in [0.15, 0.2) is 66.2 Å². The van der Waals surface area contributed by atoms with E-state index in [9.17, 15) is 23.1 Å². The molecule has 0 saturated heterocycles. The number of hydrogen-bond donors (Lipinski definition) is 2. The first-order valence-electron chi connectivity index (χ1n) is 10.3. The first-order chi connectivity index (χ1) is 16.7. The Kier molecular flexibility index (Phi) is 7.20. The second-order valence-electron chi connectivity index (χ2n) is 7.41. The molecule has 35 heavy (non-hydrogen) atoms. The van der Waals surface area contributed by atoms with Crippen LogP contribution in [0.2, 0.25) is 0 Å². The maximum Gasteiger partial charge on any atom is 0.416 e. The Balaban J connectivity index is 1.60. The minimum absolute atomic E-state index is 0.0218. The lowest BCUT2D eigenvalue weighted by molar-refractivity contribution is -0.137. The summed E-state index contributed by atoms with van der Waals surface area (Å²) in [4.78, 5) is 17.1. The molecule has 0 saturated carbocycles. The lowest BCUT2D eigenvalue weighted by Gasteiger charge is -2.14. The van der Waals surface area contributed by atoms with Crippen molar-refractivity contribution in [2.75, 3.05) is 6.61 Å². The molecule has 2 aromatic heterocycles. The molecule has 0 aliphatic rings. The molecule has 11 heteroatoms. The first-order valence-corrected chi connectivity index (χ1v) is 11.2. The normalized spacial score (nSPS) is 12.4. The van der Waals surface area contributed by atoms with E-state index in [1.807, 2.05) is 0 Å². The Morgan fingerprint density at radius 3 is 2.51 bits per heavy atom. The highest BCUT2D eigenvalue weighted by Crippen LogP contribution is 2.35. The fourth-order valence-corrected chi connectivity index (χ4v) is 3.76. The van der Waals surface area contributed by atoms with Gasteiger partial charge in [-0.15, -0.1) is 21.5 Å². The van der Waals surface area contributed by atoms with Crippen LogP contribution in [0.5, 0.6) is 11.5 Å². The standard InChI is InChI=1S/C24H18F3N3O4S/c25-24(26,27)15-6-9-22(17(10-15)20(32)11-23-30-28-13-35-23)34-16-7-4-14(5-8-16)18-2-1-3-19(29-18)21(33)12-31/h1-10,13,21,31,33H,11-12H2/t21-/m1/s1. The Hall–Kier alpha value is -3.67. The van der Waals surface area contributed by atoms with Gasteiger partial charge in [-0.1, -0.05) is 6.07 Å². The van der Waals surface area contributed by atoms with Gasteiger partial charge in [0.25, 0.3) is 0 Å².